The molecule has 0 spiro atoms. The quantitative estimate of drug-likeness (QED) is 0.225. The highest BCUT2D eigenvalue weighted by molar-refractivity contribution is 6.13. The predicted octanol–water partition coefficient (Wildman–Crippen LogP) is 4.04. The number of esters is 4. The van der Waals surface area contributed by atoms with Crippen LogP contribution in [0.5, 0.6) is 0 Å². The first-order valence-electron chi connectivity index (χ1n) is 11.7. The van der Waals surface area contributed by atoms with Crippen molar-refractivity contribution in [3.8, 4) is 0 Å². The molecule has 0 unspecified atom stereocenters. The summed E-state index contributed by atoms with van der Waals surface area (Å²) >= 11 is 0. The van der Waals surface area contributed by atoms with E-state index in [9.17, 15) is 29.1 Å². The highest BCUT2D eigenvalue weighted by Gasteiger charge is 2.38. The first kappa shape index (κ1) is 30.5. The van der Waals surface area contributed by atoms with E-state index in [0.29, 0.717) is 5.39 Å². The van der Waals surface area contributed by atoms with Gasteiger partial charge >= 0.3 is 29.8 Å². The second kappa shape index (κ2) is 13.2. The van der Waals surface area contributed by atoms with Crippen LogP contribution in [-0.2, 0) is 33.3 Å². The summed E-state index contributed by atoms with van der Waals surface area (Å²) in [6.07, 6.45) is 0. The second-order valence-corrected chi connectivity index (χ2v) is 9.16. The van der Waals surface area contributed by atoms with Crippen molar-refractivity contribution in [1.82, 2.24) is 0 Å². The van der Waals surface area contributed by atoms with Crippen LogP contribution in [0.4, 0.5) is 0 Å². The van der Waals surface area contributed by atoms with Gasteiger partial charge in [0.25, 0.3) is 0 Å². The minimum atomic E-state index is -1.54. The zero-order chi connectivity index (χ0) is 29.3. The highest BCUT2D eigenvalue weighted by Crippen LogP contribution is 2.27. The minimum absolute atomic E-state index is 0.0313. The molecule has 0 fully saturated rings. The second-order valence-electron chi connectivity index (χ2n) is 9.16. The van der Waals surface area contributed by atoms with Crippen LogP contribution in [0.25, 0.3) is 10.8 Å². The van der Waals surface area contributed by atoms with Gasteiger partial charge in [0.05, 0.1) is 11.1 Å². The monoisotopic (exact) mass is 538 g/mol. The van der Waals surface area contributed by atoms with Crippen LogP contribution in [0, 0.1) is 5.41 Å². The smallest absolute Gasteiger partial charge is 0.338 e. The Morgan fingerprint density at radius 3 is 1.44 bits per heavy atom. The van der Waals surface area contributed by atoms with Crippen LogP contribution >= 0.6 is 0 Å². The molecule has 0 bridgehead atoms. The number of ether oxygens (including phenoxy) is 4. The lowest BCUT2D eigenvalue weighted by molar-refractivity contribution is -0.160. The Labute approximate surface area is 225 Å². The molecule has 39 heavy (non-hydrogen) atoms. The van der Waals surface area contributed by atoms with Gasteiger partial charge in [-0.15, -0.1) is 0 Å². The summed E-state index contributed by atoms with van der Waals surface area (Å²) in [6, 6.07) is 9.17. The number of benzene rings is 2. The number of carboxylic acid groups (broad SMARTS) is 1. The van der Waals surface area contributed by atoms with Crippen LogP contribution in [0.2, 0.25) is 0 Å². The van der Waals surface area contributed by atoms with Gasteiger partial charge in [-0.25, -0.2) is 24.0 Å². The molecule has 0 saturated heterocycles. The zero-order valence-electron chi connectivity index (χ0n) is 22.0. The number of fused-ring (bicyclic) bond motifs is 1. The van der Waals surface area contributed by atoms with Crippen LogP contribution in [-0.4, -0.2) is 61.4 Å². The SMILES string of the molecule is C=C(C)C(=O)OCC(COC(=O)C(=C)C)(COC(=O)C(=C)C)COC(=O)c1cccc2cccc(C(=O)O)c12. The third-order valence-corrected chi connectivity index (χ3v) is 5.44. The molecule has 0 aromatic heterocycles. The molecule has 0 radical (unpaired) electrons. The molecule has 0 saturated carbocycles. The third-order valence-electron chi connectivity index (χ3n) is 5.44. The number of aromatic carboxylic acids is 1. The van der Waals surface area contributed by atoms with Gasteiger partial charge in [-0.2, -0.15) is 0 Å². The molecule has 10 nitrogen and oxygen atoms in total. The molecule has 2 aromatic carbocycles. The Hall–Kier alpha value is -4.73. The summed E-state index contributed by atoms with van der Waals surface area (Å²) in [5.41, 5.74) is -1.44. The van der Waals surface area contributed by atoms with Crippen LogP contribution in [0.3, 0.4) is 0 Å². The van der Waals surface area contributed by atoms with Crippen molar-refractivity contribution >= 4 is 40.6 Å². The number of hydrogen-bond acceptors (Lipinski definition) is 9. The maximum absolute atomic E-state index is 13.2. The molecule has 2 aromatic rings. The van der Waals surface area contributed by atoms with Crippen molar-refractivity contribution < 1.29 is 48.0 Å². The van der Waals surface area contributed by atoms with E-state index < -0.39 is 61.7 Å². The Kier molecular flexibility index (Phi) is 10.3. The Morgan fingerprint density at radius 2 is 1.05 bits per heavy atom. The van der Waals surface area contributed by atoms with Crippen molar-refractivity contribution in [3.05, 3.63) is 84.0 Å². The Bertz CT molecular complexity index is 1270. The topological polar surface area (TPSA) is 142 Å². The fourth-order valence-electron chi connectivity index (χ4n) is 3.26. The number of rotatable bonds is 13. The van der Waals surface area contributed by atoms with Gasteiger partial charge in [0.15, 0.2) is 0 Å². The van der Waals surface area contributed by atoms with E-state index >= 15 is 0 Å². The summed E-state index contributed by atoms with van der Waals surface area (Å²) in [6.45, 7) is 12.8. The number of hydrogen-bond donors (Lipinski definition) is 1. The predicted molar refractivity (Wildman–Crippen MR) is 141 cm³/mol. The molecular formula is C29H30O10. The molecule has 206 valence electrons. The molecule has 2 rings (SSSR count). The largest absolute Gasteiger partial charge is 0.478 e. The fourth-order valence-corrected chi connectivity index (χ4v) is 3.26. The van der Waals surface area contributed by atoms with Crippen molar-refractivity contribution in [2.24, 2.45) is 5.41 Å². The molecule has 0 amide bonds. The van der Waals surface area contributed by atoms with Gasteiger partial charge in [0, 0.05) is 22.1 Å². The van der Waals surface area contributed by atoms with E-state index in [0.717, 1.165) is 0 Å². The van der Waals surface area contributed by atoms with Crippen LogP contribution in [0.15, 0.2) is 72.9 Å². The third kappa shape index (κ3) is 8.13. The maximum Gasteiger partial charge on any atom is 0.338 e. The molecule has 1 N–H and O–H groups in total. The zero-order valence-corrected chi connectivity index (χ0v) is 22.0. The number of carbonyl (C=O) groups is 5. The van der Waals surface area contributed by atoms with E-state index in [1.165, 1.54) is 32.9 Å². The van der Waals surface area contributed by atoms with E-state index in [1.54, 1.807) is 24.3 Å². The van der Waals surface area contributed by atoms with Gasteiger partial charge in [-0.05, 0) is 38.3 Å². The minimum Gasteiger partial charge on any atom is -0.478 e. The molecule has 0 aliphatic rings. The first-order valence-corrected chi connectivity index (χ1v) is 11.7. The van der Waals surface area contributed by atoms with Crippen molar-refractivity contribution in [3.63, 3.8) is 0 Å². The normalized spacial score (nSPS) is 10.7. The number of carbonyl (C=O) groups excluding carboxylic acids is 4. The van der Waals surface area contributed by atoms with Gasteiger partial charge in [-0.3, -0.25) is 0 Å². The van der Waals surface area contributed by atoms with Gasteiger partial charge in [-0.1, -0.05) is 44.0 Å². The lowest BCUT2D eigenvalue weighted by Gasteiger charge is -2.31. The Morgan fingerprint density at radius 1 is 0.667 bits per heavy atom. The van der Waals surface area contributed by atoms with E-state index in [2.05, 4.69) is 19.7 Å². The van der Waals surface area contributed by atoms with E-state index in [-0.39, 0.29) is 33.2 Å². The van der Waals surface area contributed by atoms with E-state index in [4.69, 9.17) is 18.9 Å². The maximum atomic E-state index is 13.2. The molecular weight excluding hydrogens is 508 g/mol. The lowest BCUT2D eigenvalue weighted by Crippen LogP contribution is -2.44. The van der Waals surface area contributed by atoms with Crippen molar-refractivity contribution in [2.45, 2.75) is 20.8 Å². The molecule has 0 aliphatic carbocycles. The molecule has 0 aliphatic heterocycles. The molecule has 0 atom stereocenters. The van der Waals surface area contributed by atoms with Gasteiger partial charge < -0.3 is 24.1 Å². The summed E-state index contributed by atoms with van der Waals surface area (Å²) in [4.78, 5) is 61.5. The standard InChI is InChI=1S/C29H30O10/c1-17(2)25(32)36-13-29(14-37-26(33)18(3)4,15-38-27(34)19(5)6)16-39-28(35)22-12-8-10-20-9-7-11-21(23(20)22)24(30)31/h7-12H,1,3,5,13-16H2,2,4,6H3,(H,30,31). The average molecular weight is 539 g/mol. The summed E-state index contributed by atoms with van der Waals surface area (Å²) < 4.78 is 21.4. The number of carboxylic acids is 1. The van der Waals surface area contributed by atoms with Gasteiger partial charge in [0.1, 0.15) is 31.8 Å². The summed E-state index contributed by atoms with van der Waals surface area (Å²) in [5.74, 6) is -4.46. The summed E-state index contributed by atoms with van der Waals surface area (Å²) in [5, 5.41) is 10.3. The van der Waals surface area contributed by atoms with Crippen molar-refractivity contribution in [1.29, 1.82) is 0 Å². The molecule has 0 heterocycles. The highest BCUT2D eigenvalue weighted by atomic mass is 16.6. The van der Waals surface area contributed by atoms with Crippen LogP contribution < -0.4 is 0 Å². The molecule has 10 heteroatoms. The lowest BCUT2D eigenvalue weighted by atomic mass is 9.91. The van der Waals surface area contributed by atoms with Crippen molar-refractivity contribution in [2.75, 3.05) is 26.4 Å². The first-order chi connectivity index (χ1) is 18.3. The van der Waals surface area contributed by atoms with Crippen LogP contribution in [0.1, 0.15) is 41.5 Å². The fraction of sp³-hybridized carbons (Fsp3) is 0.276. The van der Waals surface area contributed by atoms with E-state index in [1.807, 2.05) is 0 Å². The Balaban J connectivity index is 2.46. The van der Waals surface area contributed by atoms with Gasteiger partial charge in [0.2, 0.25) is 0 Å². The average Bonchev–Trinajstić information content (AvgIpc) is 2.90. The summed E-state index contributed by atoms with van der Waals surface area (Å²) in [7, 11) is 0.